The summed E-state index contributed by atoms with van der Waals surface area (Å²) >= 11 is 1.46. The fraction of sp³-hybridized carbons (Fsp3) is 0.238. The Morgan fingerprint density at radius 2 is 1.63 bits per heavy atom. The van der Waals surface area contributed by atoms with Gasteiger partial charge in [-0.1, -0.05) is 30.3 Å². The van der Waals surface area contributed by atoms with Gasteiger partial charge >= 0.3 is 0 Å². The van der Waals surface area contributed by atoms with Gasteiger partial charge in [0, 0.05) is 31.9 Å². The van der Waals surface area contributed by atoms with Crippen LogP contribution in [0, 0.1) is 0 Å². The van der Waals surface area contributed by atoms with Crippen molar-refractivity contribution < 1.29 is 9.53 Å². The smallest absolute Gasteiger partial charge is 0.286 e. The number of benzene rings is 2. The molecular formula is C21H21N3O2S. The van der Waals surface area contributed by atoms with Gasteiger partial charge in [0.1, 0.15) is 5.75 Å². The van der Waals surface area contributed by atoms with E-state index in [0.29, 0.717) is 4.91 Å². The summed E-state index contributed by atoms with van der Waals surface area (Å²) in [6.45, 7) is 3.58. The molecule has 0 bridgehead atoms. The van der Waals surface area contributed by atoms with E-state index in [2.05, 4.69) is 39.1 Å². The highest BCUT2D eigenvalue weighted by Crippen LogP contribution is 2.31. The number of hydrogen-bond acceptors (Lipinski definition) is 5. The fourth-order valence-electron chi connectivity index (χ4n) is 3.18. The quantitative estimate of drug-likeness (QED) is 0.764. The van der Waals surface area contributed by atoms with Crippen LogP contribution >= 0.6 is 11.8 Å². The van der Waals surface area contributed by atoms with Crippen LogP contribution in [0.15, 0.2) is 64.5 Å². The molecule has 0 spiro atoms. The number of amides is 1. The lowest BCUT2D eigenvalue weighted by atomic mass is 10.2. The number of carbonyl (C=O) groups is 1. The summed E-state index contributed by atoms with van der Waals surface area (Å²) < 4.78 is 5.17. The van der Waals surface area contributed by atoms with Gasteiger partial charge in [-0.05, 0) is 47.7 Å². The van der Waals surface area contributed by atoms with Crippen molar-refractivity contribution in [3.63, 3.8) is 0 Å². The second-order valence-corrected chi connectivity index (χ2v) is 7.40. The molecule has 2 aromatic rings. The Labute approximate surface area is 163 Å². The molecule has 0 atom stereocenters. The number of hydrogen-bond donors (Lipinski definition) is 0. The first kappa shape index (κ1) is 17.7. The number of methoxy groups -OCH3 is 1. The summed E-state index contributed by atoms with van der Waals surface area (Å²) in [6.07, 6.45) is 1.89. The summed E-state index contributed by atoms with van der Waals surface area (Å²) in [5, 5.41) is 0.812. The van der Waals surface area contributed by atoms with E-state index in [1.165, 1.54) is 17.4 Å². The van der Waals surface area contributed by atoms with Crippen LogP contribution in [0.25, 0.3) is 6.08 Å². The first-order valence-corrected chi connectivity index (χ1v) is 9.76. The summed E-state index contributed by atoms with van der Waals surface area (Å²) in [4.78, 5) is 21.8. The summed E-state index contributed by atoms with van der Waals surface area (Å²) in [7, 11) is 1.64. The van der Waals surface area contributed by atoms with Crippen LogP contribution in [0.1, 0.15) is 5.56 Å². The molecule has 6 heteroatoms. The van der Waals surface area contributed by atoms with Crippen molar-refractivity contribution in [2.45, 2.75) is 0 Å². The van der Waals surface area contributed by atoms with Gasteiger partial charge in [-0.2, -0.15) is 4.99 Å². The SMILES string of the molecule is COc1ccc(/C=C2\SC(N3CCN(c4ccccc4)CC3)=NC2=O)cc1. The second-order valence-electron chi connectivity index (χ2n) is 6.39. The lowest BCUT2D eigenvalue weighted by molar-refractivity contribution is -0.113. The minimum Gasteiger partial charge on any atom is -0.497 e. The summed E-state index contributed by atoms with van der Waals surface area (Å²) in [5.74, 6) is 0.645. The molecule has 2 aliphatic heterocycles. The average molecular weight is 379 g/mol. The van der Waals surface area contributed by atoms with Gasteiger partial charge in [-0.3, -0.25) is 4.79 Å². The molecule has 0 N–H and O–H groups in total. The van der Waals surface area contributed by atoms with Gasteiger partial charge < -0.3 is 14.5 Å². The summed E-state index contributed by atoms with van der Waals surface area (Å²) in [6, 6.07) is 18.1. The molecule has 0 saturated carbocycles. The predicted octanol–water partition coefficient (Wildman–Crippen LogP) is 3.49. The number of nitrogens with zero attached hydrogens (tertiary/aromatic N) is 3. The van der Waals surface area contributed by atoms with Gasteiger partial charge in [0.05, 0.1) is 12.0 Å². The van der Waals surface area contributed by atoms with E-state index in [1.54, 1.807) is 7.11 Å². The molecule has 1 fully saturated rings. The van der Waals surface area contributed by atoms with Crippen LogP contribution in [-0.2, 0) is 4.79 Å². The van der Waals surface area contributed by atoms with Crippen molar-refractivity contribution in [2.75, 3.05) is 38.2 Å². The average Bonchev–Trinajstić information content (AvgIpc) is 3.10. The zero-order chi connectivity index (χ0) is 18.6. The Balaban J connectivity index is 1.39. The molecule has 27 heavy (non-hydrogen) atoms. The lowest BCUT2D eigenvalue weighted by Gasteiger charge is -2.36. The Hall–Kier alpha value is -2.73. The Kier molecular flexibility index (Phi) is 5.16. The number of ether oxygens (including phenoxy) is 1. The molecule has 0 unspecified atom stereocenters. The van der Waals surface area contributed by atoms with Crippen LogP contribution in [0.3, 0.4) is 0 Å². The minimum atomic E-state index is -0.156. The number of rotatable bonds is 3. The molecule has 2 aromatic carbocycles. The molecule has 4 rings (SSSR count). The molecule has 0 aliphatic carbocycles. The van der Waals surface area contributed by atoms with E-state index < -0.39 is 0 Å². The fourth-order valence-corrected chi connectivity index (χ4v) is 4.14. The highest BCUT2D eigenvalue weighted by molar-refractivity contribution is 8.18. The van der Waals surface area contributed by atoms with E-state index in [0.717, 1.165) is 42.7 Å². The molecular weight excluding hydrogens is 358 g/mol. The number of amidine groups is 1. The van der Waals surface area contributed by atoms with Crippen molar-refractivity contribution >= 4 is 34.6 Å². The van der Waals surface area contributed by atoms with Crippen molar-refractivity contribution in [2.24, 2.45) is 4.99 Å². The van der Waals surface area contributed by atoms with Crippen LogP contribution < -0.4 is 9.64 Å². The zero-order valence-corrected chi connectivity index (χ0v) is 16.0. The highest BCUT2D eigenvalue weighted by atomic mass is 32.2. The van der Waals surface area contributed by atoms with Gasteiger partial charge in [-0.15, -0.1) is 0 Å². The first-order chi connectivity index (χ1) is 13.2. The van der Waals surface area contributed by atoms with E-state index in [9.17, 15) is 4.79 Å². The predicted molar refractivity (Wildman–Crippen MR) is 111 cm³/mol. The van der Waals surface area contributed by atoms with Crippen LogP contribution in [-0.4, -0.2) is 49.3 Å². The maximum atomic E-state index is 12.3. The number of aliphatic imine (C=N–C) groups is 1. The van der Waals surface area contributed by atoms with E-state index in [4.69, 9.17) is 4.74 Å². The molecule has 1 saturated heterocycles. The normalized spacial score (nSPS) is 18.8. The molecule has 138 valence electrons. The Morgan fingerprint density at radius 1 is 0.963 bits per heavy atom. The van der Waals surface area contributed by atoms with Crippen molar-refractivity contribution in [1.29, 1.82) is 0 Å². The number of carbonyl (C=O) groups excluding carboxylic acids is 1. The van der Waals surface area contributed by atoms with Gasteiger partial charge in [0.15, 0.2) is 5.17 Å². The molecule has 2 aliphatic rings. The van der Waals surface area contributed by atoms with Gasteiger partial charge in [-0.25, -0.2) is 0 Å². The largest absolute Gasteiger partial charge is 0.497 e. The zero-order valence-electron chi connectivity index (χ0n) is 15.2. The maximum absolute atomic E-state index is 12.3. The van der Waals surface area contributed by atoms with Crippen LogP contribution in [0.4, 0.5) is 5.69 Å². The Morgan fingerprint density at radius 3 is 2.30 bits per heavy atom. The molecule has 1 amide bonds. The highest BCUT2D eigenvalue weighted by Gasteiger charge is 2.28. The topological polar surface area (TPSA) is 45.1 Å². The van der Waals surface area contributed by atoms with E-state index in [1.807, 2.05) is 36.4 Å². The van der Waals surface area contributed by atoms with Gasteiger partial charge in [0.25, 0.3) is 5.91 Å². The number of para-hydroxylation sites is 1. The number of piperazine rings is 1. The molecule has 0 aromatic heterocycles. The van der Waals surface area contributed by atoms with Gasteiger partial charge in [0.2, 0.25) is 0 Å². The Bertz CT molecular complexity index is 870. The molecule has 5 nitrogen and oxygen atoms in total. The monoisotopic (exact) mass is 379 g/mol. The van der Waals surface area contributed by atoms with Crippen molar-refractivity contribution in [3.8, 4) is 5.75 Å². The first-order valence-electron chi connectivity index (χ1n) is 8.94. The van der Waals surface area contributed by atoms with Crippen molar-refractivity contribution in [3.05, 3.63) is 65.1 Å². The minimum absolute atomic E-state index is 0.156. The van der Waals surface area contributed by atoms with E-state index >= 15 is 0 Å². The third-order valence-electron chi connectivity index (χ3n) is 4.69. The number of thioether (sulfide) groups is 1. The third-order valence-corrected chi connectivity index (χ3v) is 5.74. The third kappa shape index (κ3) is 4.01. The second kappa shape index (κ2) is 7.88. The maximum Gasteiger partial charge on any atom is 0.286 e. The van der Waals surface area contributed by atoms with Crippen LogP contribution in [0.5, 0.6) is 5.75 Å². The molecule has 2 heterocycles. The number of anilines is 1. The summed E-state index contributed by atoms with van der Waals surface area (Å²) in [5.41, 5.74) is 2.21. The van der Waals surface area contributed by atoms with E-state index in [-0.39, 0.29) is 5.91 Å². The van der Waals surface area contributed by atoms with Crippen molar-refractivity contribution in [1.82, 2.24) is 4.90 Å². The molecule has 0 radical (unpaired) electrons. The lowest BCUT2D eigenvalue weighted by Crippen LogP contribution is -2.47. The standard InChI is InChI=1S/C21H21N3O2S/c1-26-18-9-7-16(8-10-18)15-19-20(25)22-21(27-19)24-13-11-23(12-14-24)17-5-3-2-4-6-17/h2-10,15H,11-14H2,1H3/b19-15-. The van der Waals surface area contributed by atoms with Crippen LogP contribution in [0.2, 0.25) is 0 Å².